The van der Waals surface area contributed by atoms with Crippen molar-refractivity contribution in [1.82, 2.24) is 10.2 Å². The first-order chi connectivity index (χ1) is 19.7. The van der Waals surface area contributed by atoms with E-state index in [9.17, 15) is 31.2 Å². The zero-order valence-corrected chi connectivity index (χ0v) is 25.0. The van der Waals surface area contributed by atoms with Crippen molar-refractivity contribution in [3.63, 3.8) is 0 Å². The van der Waals surface area contributed by atoms with Crippen LogP contribution in [-0.2, 0) is 38.8 Å². The first kappa shape index (κ1) is 32.9. The third-order valence-corrected chi connectivity index (χ3v) is 8.16. The summed E-state index contributed by atoms with van der Waals surface area (Å²) < 4.78 is 67.0. The average molecular weight is 624 g/mol. The molecule has 0 saturated heterocycles. The fourth-order valence-electron chi connectivity index (χ4n) is 4.27. The SMILES string of the molecule is CC[C@H](C)NC(=O)[C@H](Cc1ccccc1)N(Cc1ccccc1)C(=O)CN(c1ccc(Cl)c(C(F)(F)F)c1)S(C)(=O)=O. The molecule has 7 nitrogen and oxygen atoms in total. The van der Waals surface area contributed by atoms with Crippen LogP contribution in [0.15, 0.2) is 78.9 Å². The summed E-state index contributed by atoms with van der Waals surface area (Å²) in [6.45, 7) is 2.84. The number of nitrogens with one attached hydrogen (secondary N) is 1. The standard InChI is InChI=1S/C30H33ClF3N3O4S/c1-4-21(2)35-29(39)27(17-22-11-7-5-8-12-22)36(19-23-13-9-6-10-14-23)28(38)20-37(42(3,40)41)24-15-16-26(31)25(18-24)30(32,33)34/h5-16,18,21,27H,4,17,19-20H2,1-3H3,(H,35,39)/t21-,27-/m0/s1. The molecule has 226 valence electrons. The first-order valence-electron chi connectivity index (χ1n) is 13.2. The molecular formula is C30H33ClF3N3O4S. The maximum Gasteiger partial charge on any atom is 0.417 e. The van der Waals surface area contributed by atoms with Gasteiger partial charge in [0, 0.05) is 19.0 Å². The van der Waals surface area contributed by atoms with Crippen LogP contribution in [0.25, 0.3) is 0 Å². The van der Waals surface area contributed by atoms with Gasteiger partial charge in [0.05, 0.1) is 22.5 Å². The van der Waals surface area contributed by atoms with Crippen LogP contribution in [0.1, 0.15) is 37.0 Å². The number of halogens is 4. The Bertz CT molecular complexity index is 1470. The lowest BCUT2D eigenvalue weighted by Crippen LogP contribution is -2.54. The third-order valence-electron chi connectivity index (χ3n) is 6.69. The molecule has 0 unspecified atom stereocenters. The molecule has 0 heterocycles. The molecule has 1 N–H and O–H groups in total. The molecule has 2 atom stereocenters. The van der Waals surface area contributed by atoms with Crippen LogP contribution < -0.4 is 9.62 Å². The van der Waals surface area contributed by atoms with Crippen molar-refractivity contribution in [3.05, 3.63) is 101 Å². The van der Waals surface area contributed by atoms with E-state index in [1.807, 2.05) is 32.0 Å². The minimum atomic E-state index is -4.85. The fraction of sp³-hybridized carbons (Fsp3) is 0.333. The highest BCUT2D eigenvalue weighted by Gasteiger charge is 2.36. The molecule has 0 spiro atoms. The van der Waals surface area contributed by atoms with E-state index in [0.717, 1.165) is 24.0 Å². The summed E-state index contributed by atoms with van der Waals surface area (Å²) in [6, 6.07) is 19.2. The Balaban J connectivity index is 2.08. The van der Waals surface area contributed by atoms with Gasteiger partial charge in [-0.25, -0.2) is 8.42 Å². The lowest BCUT2D eigenvalue weighted by atomic mass is 10.0. The molecule has 2 amide bonds. The van der Waals surface area contributed by atoms with E-state index in [-0.39, 0.29) is 24.7 Å². The smallest absolute Gasteiger partial charge is 0.352 e. The van der Waals surface area contributed by atoms with Gasteiger partial charge in [-0.3, -0.25) is 13.9 Å². The number of hydrogen-bond donors (Lipinski definition) is 1. The second kappa shape index (κ2) is 14.1. The number of sulfonamides is 1. The van der Waals surface area contributed by atoms with Crippen LogP contribution in [0.4, 0.5) is 18.9 Å². The van der Waals surface area contributed by atoms with Crippen molar-refractivity contribution in [2.45, 2.75) is 51.5 Å². The van der Waals surface area contributed by atoms with Gasteiger partial charge in [0.1, 0.15) is 12.6 Å². The summed E-state index contributed by atoms with van der Waals surface area (Å²) in [5.41, 5.74) is -0.179. The van der Waals surface area contributed by atoms with Gasteiger partial charge < -0.3 is 10.2 Å². The predicted octanol–water partition coefficient (Wildman–Crippen LogP) is 5.68. The molecule has 0 aliphatic heterocycles. The minimum Gasteiger partial charge on any atom is -0.352 e. The van der Waals surface area contributed by atoms with Gasteiger partial charge in [0.25, 0.3) is 0 Å². The van der Waals surface area contributed by atoms with Crippen LogP contribution in [0.2, 0.25) is 5.02 Å². The predicted molar refractivity (Wildman–Crippen MR) is 157 cm³/mol. The summed E-state index contributed by atoms with van der Waals surface area (Å²) in [7, 11) is -4.25. The number of amides is 2. The number of hydrogen-bond acceptors (Lipinski definition) is 4. The van der Waals surface area contributed by atoms with Crippen LogP contribution in [0, 0.1) is 0 Å². The highest BCUT2D eigenvalue weighted by atomic mass is 35.5. The molecule has 3 rings (SSSR count). The summed E-state index contributed by atoms with van der Waals surface area (Å²) in [5.74, 6) is -1.21. The lowest BCUT2D eigenvalue weighted by molar-refractivity contribution is -0.140. The van der Waals surface area contributed by atoms with E-state index >= 15 is 0 Å². The Morgan fingerprint density at radius 1 is 0.952 bits per heavy atom. The molecule has 0 aromatic heterocycles. The van der Waals surface area contributed by atoms with Crippen LogP contribution in [0.3, 0.4) is 0 Å². The molecule has 0 saturated carbocycles. The third kappa shape index (κ3) is 8.96. The number of alkyl halides is 3. The zero-order chi connectivity index (χ0) is 31.1. The van der Waals surface area contributed by atoms with Gasteiger partial charge in [0.2, 0.25) is 21.8 Å². The van der Waals surface area contributed by atoms with Gasteiger partial charge in [-0.1, -0.05) is 79.2 Å². The maximum atomic E-state index is 14.0. The van der Waals surface area contributed by atoms with Gasteiger partial charge in [0.15, 0.2) is 0 Å². The highest BCUT2D eigenvalue weighted by Crippen LogP contribution is 2.37. The Kier molecular flexibility index (Phi) is 11.0. The number of nitrogens with zero attached hydrogens (tertiary/aromatic N) is 2. The summed E-state index contributed by atoms with van der Waals surface area (Å²) >= 11 is 5.75. The van der Waals surface area contributed by atoms with Crippen molar-refractivity contribution in [3.8, 4) is 0 Å². The lowest BCUT2D eigenvalue weighted by Gasteiger charge is -2.34. The summed E-state index contributed by atoms with van der Waals surface area (Å²) in [6.07, 6.45) is -3.30. The molecule has 0 bridgehead atoms. The zero-order valence-electron chi connectivity index (χ0n) is 23.4. The minimum absolute atomic E-state index is 0.0445. The normalized spacial score (nSPS) is 13.2. The van der Waals surface area contributed by atoms with Crippen LogP contribution >= 0.6 is 11.6 Å². The Morgan fingerprint density at radius 2 is 1.52 bits per heavy atom. The van der Waals surface area contributed by atoms with Crippen LogP contribution in [-0.4, -0.2) is 50.0 Å². The molecule has 3 aromatic carbocycles. The largest absolute Gasteiger partial charge is 0.417 e. The number of benzene rings is 3. The van der Waals surface area contributed by atoms with E-state index < -0.39 is 51.2 Å². The molecule has 12 heteroatoms. The molecule has 0 fully saturated rings. The first-order valence-corrected chi connectivity index (χ1v) is 15.5. The van der Waals surface area contributed by atoms with Crippen molar-refractivity contribution in [2.75, 3.05) is 17.1 Å². The van der Waals surface area contributed by atoms with Gasteiger partial charge in [-0.05, 0) is 42.7 Å². The van der Waals surface area contributed by atoms with E-state index in [2.05, 4.69) is 5.32 Å². The molecule has 0 aliphatic rings. The Morgan fingerprint density at radius 3 is 2.05 bits per heavy atom. The van der Waals surface area contributed by atoms with Crippen molar-refractivity contribution in [1.29, 1.82) is 0 Å². The van der Waals surface area contributed by atoms with E-state index in [0.29, 0.717) is 22.4 Å². The van der Waals surface area contributed by atoms with Gasteiger partial charge >= 0.3 is 6.18 Å². The summed E-state index contributed by atoms with van der Waals surface area (Å²) in [4.78, 5) is 28.9. The number of carbonyl (C=O) groups excluding carboxylic acids is 2. The summed E-state index contributed by atoms with van der Waals surface area (Å²) in [5, 5.41) is 2.30. The fourth-order valence-corrected chi connectivity index (χ4v) is 5.34. The Labute approximate surface area is 249 Å². The number of carbonyl (C=O) groups is 2. The average Bonchev–Trinajstić information content (AvgIpc) is 2.93. The van der Waals surface area contributed by atoms with E-state index in [1.165, 1.54) is 4.90 Å². The molecule has 42 heavy (non-hydrogen) atoms. The van der Waals surface area contributed by atoms with Crippen molar-refractivity contribution < 1.29 is 31.2 Å². The molecular weight excluding hydrogens is 591 g/mol. The second-order valence-electron chi connectivity index (χ2n) is 9.96. The van der Waals surface area contributed by atoms with Crippen LogP contribution in [0.5, 0.6) is 0 Å². The quantitative estimate of drug-likeness (QED) is 0.281. The Hall–Kier alpha value is -3.57. The topological polar surface area (TPSA) is 86.8 Å². The van der Waals surface area contributed by atoms with Gasteiger partial charge in [-0.15, -0.1) is 0 Å². The molecule has 0 aliphatic carbocycles. The monoisotopic (exact) mass is 623 g/mol. The second-order valence-corrected chi connectivity index (χ2v) is 12.3. The van der Waals surface area contributed by atoms with E-state index in [1.54, 1.807) is 42.5 Å². The molecule has 3 aromatic rings. The molecule has 0 radical (unpaired) electrons. The van der Waals surface area contributed by atoms with Crippen molar-refractivity contribution in [2.24, 2.45) is 0 Å². The van der Waals surface area contributed by atoms with Gasteiger partial charge in [-0.2, -0.15) is 13.2 Å². The van der Waals surface area contributed by atoms with Crippen molar-refractivity contribution >= 4 is 39.1 Å². The van der Waals surface area contributed by atoms with E-state index in [4.69, 9.17) is 11.6 Å². The maximum absolute atomic E-state index is 14.0. The number of anilines is 1. The highest BCUT2D eigenvalue weighted by molar-refractivity contribution is 7.92. The number of rotatable bonds is 12.